The summed E-state index contributed by atoms with van der Waals surface area (Å²) in [6.45, 7) is 16.1. The van der Waals surface area contributed by atoms with Gasteiger partial charge >= 0.3 is 0 Å². The first-order valence-corrected chi connectivity index (χ1v) is 11.8. The molecule has 1 heterocycles. The number of benzene rings is 2. The Bertz CT molecular complexity index is 828. The molecule has 0 fully saturated rings. The van der Waals surface area contributed by atoms with Crippen LogP contribution in [0.25, 0.3) is 0 Å². The van der Waals surface area contributed by atoms with Crippen LogP contribution in [0.3, 0.4) is 0 Å². The second-order valence-electron chi connectivity index (χ2n) is 9.67. The molecule has 2 atom stereocenters. The van der Waals surface area contributed by atoms with Crippen molar-refractivity contribution in [2.75, 3.05) is 51.5 Å². The number of rotatable bonds is 10. The fraction of sp³-hybridized carbons (Fsp3) is 0.556. The summed E-state index contributed by atoms with van der Waals surface area (Å²) in [4.78, 5) is 5.01. The van der Waals surface area contributed by atoms with E-state index in [1.54, 1.807) is 7.11 Å². The van der Waals surface area contributed by atoms with E-state index in [1.807, 2.05) is 18.2 Å². The highest BCUT2D eigenvalue weighted by Gasteiger charge is 2.32. The van der Waals surface area contributed by atoms with Crippen molar-refractivity contribution in [1.29, 1.82) is 0 Å². The maximum absolute atomic E-state index is 6.23. The minimum Gasteiger partial charge on any atom is -0.497 e. The van der Waals surface area contributed by atoms with Crippen LogP contribution in [0.15, 0.2) is 48.5 Å². The minimum absolute atomic E-state index is 0.136. The lowest BCUT2D eigenvalue weighted by Gasteiger charge is -2.43. The molecule has 0 spiro atoms. The van der Waals surface area contributed by atoms with E-state index >= 15 is 0 Å². The number of hydrogen-bond acceptors (Lipinski definition) is 5. The molecule has 0 aromatic heterocycles. The number of anilines is 1. The zero-order chi connectivity index (χ0) is 23.1. The van der Waals surface area contributed by atoms with Crippen LogP contribution in [0.4, 0.5) is 5.69 Å². The van der Waals surface area contributed by atoms with Crippen molar-refractivity contribution in [1.82, 2.24) is 4.90 Å². The summed E-state index contributed by atoms with van der Waals surface area (Å²) < 4.78 is 17.8. The number of hydrogen-bond donors (Lipinski definition) is 0. The number of likely N-dealkylation sites (N-methyl/N-ethyl adjacent to an activating group) is 1. The van der Waals surface area contributed by atoms with Gasteiger partial charge in [-0.2, -0.15) is 0 Å². The lowest BCUT2D eigenvalue weighted by atomic mass is 9.98. The average molecular weight is 441 g/mol. The third-order valence-electron chi connectivity index (χ3n) is 6.03. The molecule has 0 amide bonds. The SMILES string of the molecule is CCN(CC)C(COCC(C)(C)C)CN1c2ccccc2OCC1c1ccc(OC)cc1. The monoisotopic (exact) mass is 440 g/mol. The molecule has 3 rings (SSSR count). The van der Waals surface area contributed by atoms with Crippen molar-refractivity contribution in [2.45, 2.75) is 46.7 Å². The summed E-state index contributed by atoms with van der Waals surface area (Å²) in [5.74, 6) is 1.82. The van der Waals surface area contributed by atoms with E-state index in [1.165, 1.54) is 5.56 Å². The third-order valence-corrected chi connectivity index (χ3v) is 6.03. The van der Waals surface area contributed by atoms with Gasteiger partial charge < -0.3 is 19.1 Å². The molecule has 0 N–H and O–H groups in total. The molecule has 1 aliphatic heterocycles. The first-order chi connectivity index (χ1) is 15.4. The normalized spacial score (nSPS) is 17.1. The van der Waals surface area contributed by atoms with E-state index in [0.717, 1.165) is 43.4 Å². The van der Waals surface area contributed by atoms with E-state index < -0.39 is 0 Å². The van der Waals surface area contributed by atoms with Gasteiger partial charge in [0.05, 0.1) is 38.1 Å². The summed E-state index contributed by atoms with van der Waals surface area (Å²) in [6.07, 6.45) is 0. The van der Waals surface area contributed by atoms with E-state index in [2.05, 4.69) is 74.8 Å². The van der Waals surface area contributed by atoms with Crippen molar-refractivity contribution < 1.29 is 14.2 Å². The van der Waals surface area contributed by atoms with Gasteiger partial charge in [-0.15, -0.1) is 0 Å². The highest BCUT2D eigenvalue weighted by molar-refractivity contribution is 5.61. The molecule has 0 radical (unpaired) electrons. The smallest absolute Gasteiger partial charge is 0.142 e. The Hall–Kier alpha value is -2.24. The minimum atomic E-state index is 0.136. The molecule has 5 heteroatoms. The number of fused-ring (bicyclic) bond motifs is 1. The molecule has 2 unspecified atom stereocenters. The van der Waals surface area contributed by atoms with Crippen molar-refractivity contribution in [3.8, 4) is 11.5 Å². The first-order valence-electron chi connectivity index (χ1n) is 11.8. The molecule has 0 bridgehead atoms. The van der Waals surface area contributed by atoms with E-state index in [0.29, 0.717) is 19.3 Å². The second-order valence-corrected chi connectivity index (χ2v) is 9.67. The van der Waals surface area contributed by atoms with Crippen molar-refractivity contribution in [2.24, 2.45) is 5.41 Å². The predicted molar refractivity (Wildman–Crippen MR) is 132 cm³/mol. The quantitative estimate of drug-likeness (QED) is 0.494. The van der Waals surface area contributed by atoms with Gasteiger partial charge in [-0.3, -0.25) is 4.90 Å². The molecule has 0 aliphatic carbocycles. The van der Waals surface area contributed by atoms with Gasteiger partial charge in [0.1, 0.15) is 18.1 Å². The number of methoxy groups -OCH3 is 1. The largest absolute Gasteiger partial charge is 0.497 e. The van der Waals surface area contributed by atoms with Gasteiger partial charge in [0, 0.05) is 6.54 Å². The van der Waals surface area contributed by atoms with Gasteiger partial charge in [0.15, 0.2) is 0 Å². The van der Waals surface area contributed by atoms with Crippen LogP contribution in [0.1, 0.15) is 46.2 Å². The molecular weight excluding hydrogens is 400 g/mol. The molecule has 176 valence electrons. The first kappa shape index (κ1) is 24.4. The van der Waals surface area contributed by atoms with Gasteiger partial charge in [0.25, 0.3) is 0 Å². The standard InChI is InChI=1S/C27H40N2O3/c1-7-28(8-2)22(18-31-20-27(3,4)5)17-29-24-11-9-10-12-26(24)32-19-25(29)21-13-15-23(30-6)16-14-21/h9-16,22,25H,7-8,17-20H2,1-6H3. The summed E-state index contributed by atoms with van der Waals surface area (Å²) in [6, 6.07) is 17.1. The number of para-hydroxylation sites is 2. The van der Waals surface area contributed by atoms with Crippen LogP contribution in [0, 0.1) is 5.41 Å². The van der Waals surface area contributed by atoms with Crippen molar-refractivity contribution in [3.63, 3.8) is 0 Å². The topological polar surface area (TPSA) is 34.2 Å². The Balaban J connectivity index is 1.89. The lowest BCUT2D eigenvalue weighted by molar-refractivity contribution is 0.0274. The average Bonchev–Trinajstić information content (AvgIpc) is 2.79. The molecule has 1 aliphatic rings. The maximum Gasteiger partial charge on any atom is 0.142 e. The third kappa shape index (κ3) is 6.17. The van der Waals surface area contributed by atoms with Crippen LogP contribution < -0.4 is 14.4 Å². The predicted octanol–water partition coefficient (Wildman–Crippen LogP) is 5.41. The Morgan fingerprint density at radius 1 is 1.06 bits per heavy atom. The van der Waals surface area contributed by atoms with Crippen LogP contribution in [0.5, 0.6) is 11.5 Å². The van der Waals surface area contributed by atoms with Gasteiger partial charge in [0.2, 0.25) is 0 Å². The summed E-state index contributed by atoms with van der Waals surface area (Å²) in [7, 11) is 1.70. The molecule has 5 nitrogen and oxygen atoms in total. The van der Waals surface area contributed by atoms with Crippen molar-refractivity contribution >= 4 is 5.69 Å². The Morgan fingerprint density at radius 2 is 1.75 bits per heavy atom. The molecule has 32 heavy (non-hydrogen) atoms. The number of ether oxygens (including phenoxy) is 3. The van der Waals surface area contributed by atoms with E-state index in [4.69, 9.17) is 14.2 Å². The van der Waals surface area contributed by atoms with Crippen LogP contribution in [-0.4, -0.2) is 57.5 Å². The summed E-state index contributed by atoms with van der Waals surface area (Å²) >= 11 is 0. The van der Waals surface area contributed by atoms with Crippen LogP contribution in [-0.2, 0) is 4.74 Å². The Kier molecular flexibility index (Phi) is 8.44. The molecule has 2 aromatic rings. The highest BCUT2D eigenvalue weighted by atomic mass is 16.5. The van der Waals surface area contributed by atoms with Crippen molar-refractivity contribution in [3.05, 3.63) is 54.1 Å². The van der Waals surface area contributed by atoms with Crippen LogP contribution in [0.2, 0.25) is 0 Å². The van der Waals surface area contributed by atoms with Gasteiger partial charge in [-0.05, 0) is 48.3 Å². The number of nitrogens with zero attached hydrogens (tertiary/aromatic N) is 2. The Morgan fingerprint density at radius 3 is 2.38 bits per heavy atom. The maximum atomic E-state index is 6.23. The van der Waals surface area contributed by atoms with Gasteiger partial charge in [-0.1, -0.05) is 58.9 Å². The molecular formula is C27H40N2O3. The fourth-order valence-electron chi connectivity index (χ4n) is 4.31. The van der Waals surface area contributed by atoms with Gasteiger partial charge in [-0.25, -0.2) is 0 Å². The zero-order valence-corrected chi connectivity index (χ0v) is 20.6. The Labute approximate surface area is 194 Å². The summed E-state index contributed by atoms with van der Waals surface area (Å²) in [5.41, 5.74) is 2.53. The zero-order valence-electron chi connectivity index (χ0n) is 20.6. The highest BCUT2D eigenvalue weighted by Crippen LogP contribution is 2.39. The molecule has 0 saturated heterocycles. The van der Waals surface area contributed by atoms with E-state index in [-0.39, 0.29) is 11.5 Å². The summed E-state index contributed by atoms with van der Waals surface area (Å²) in [5, 5.41) is 0. The second kappa shape index (κ2) is 11.1. The molecule has 2 aromatic carbocycles. The lowest BCUT2D eigenvalue weighted by Crippen LogP contribution is -2.49. The van der Waals surface area contributed by atoms with Crippen LogP contribution >= 0.6 is 0 Å². The molecule has 0 saturated carbocycles. The fourth-order valence-corrected chi connectivity index (χ4v) is 4.31. The van der Waals surface area contributed by atoms with E-state index in [9.17, 15) is 0 Å².